The Morgan fingerprint density at radius 1 is 1.33 bits per heavy atom. The third-order valence-electron chi connectivity index (χ3n) is 1.01. The molecule has 0 aromatic carbocycles. The van der Waals surface area contributed by atoms with Crippen molar-refractivity contribution in [3.63, 3.8) is 0 Å². The lowest BCUT2D eigenvalue weighted by Crippen LogP contribution is -2.40. The zero-order chi connectivity index (χ0) is 9.40. The number of carbonyl (C=O) groups excluding carboxylic acids is 2. The van der Waals surface area contributed by atoms with Gasteiger partial charge in [-0.2, -0.15) is 0 Å². The number of nitrogens with one attached hydrogen (secondary N) is 2. The molecule has 0 unspecified atom stereocenters. The molecular weight excluding hydrogens is 159 g/mol. The minimum absolute atomic E-state index is 0.0746. The van der Waals surface area contributed by atoms with Crippen LogP contribution in [-0.2, 0) is 4.57 Å². The molecule has 2 amide bonds. The van der Waals surface area contributed by atoms with Crippen molar-refractivity contribution < 1.29 is 19.2 Å². The second kappa shape index (κ2) is 6.81. The molecule has 0 aliphatic carbocycles. The van der Waals surface area contributed by atoms with Crippen molar-refractivity contribution in [3.8, 4) is 0 Å². The molecule has 0 saturated heterocycles. The molecule has 10 heteroatoms. The maximum Gasteiger partial charge on any atom is 0.392 e. The van der Waals surface area contributed by atoms with E-state index in [1.165, 1.54) is 8.05 Å². The summed E-state index contributed by atoms with van der Waals surface area (Å²) in [6, 6.07) is 0. The van der Waals surface area contributed by atoms with Crippen LogP contribution in [0.2, 0.25) is 0 Å². The standard InChI is InChI=1S/C2H8B4N2O4/c3-12-6-8-2(10)4-1(9)7-5-11/h4-6,11H,3H2,(H,7,9)(H,8,10). The van der Waals surface area contributed by atoms with E-state index in [9.17, 15) is 9.59 Å². The van der Waals surface area contributed by atoms with Crippen LogP contribution in [0.5, 0.6) is 0 Å². The average Bonchev–Trinajstić information content (AvgIpc) is 2.01. The van der Waals surface area contributed by atoms with Crippen molar-refractivity contribution in [2.75, 3.05) is 0 Å². The number of amides is 2. The SMILES string of the molecule is BOBNC(=O)BC(=O)NBO. The summed E-state index contributed by atoms with van der Waals surface area (Å²) in [5, 5.41) is 12.6. The van der Waals surface area contributed by atoms with Gasteiger partial charge in [-0.25, -0.2) is 0 Å². The normalized spacial score (nSPS) is 8.08. The maximum atomic E-state index is 10.8. The predicted molar refractivity (Wildman–Crippen MR) is 50.4 cm³/mol. The minimum atomic E-state index is -0.522. The van der Waals surface area contributed by atoms with Crippen molar-refractivity contribution in [1.82, 2.24) is 10.5 Å². The maximum absolute atomic E-state index is 10.8. The first-order chi connectivity index (χ1) is 5.70. The molecule has 0 heterocycles. The van der Waals surface area contributed by atoms with E-state index in [1.807, 2.05) is 0 Å². The van der Waals surface area contributed by atoms with E-state index < -0.39 is 19.2 Å². The Morgan fingerprint density at radius 3 is 2.42 bits per heavy atom. The summed E-state index contributed by atoms with van der Waals surface area (Å²) in [5.74, 6) is -0.964. The van der Waals surface area contributed by atoms with Crippen LogP contribution in [0.3, 0.4) is 0 Å². The van der Waals surface area contributed by atoms with Crippen LogP contribution in [0.25, 0.3) is 0 Å². The molecule has 0 radical (unpaired) electrons. The number of hydrogen-bond donors (Lipinski definition) is 3. The van der Waals surface area contributed by atoms with Crippen LogP contribution in [0.15, 0.2) is 0 Å². The van der Waals surface area contributed by atoms with E-state index in [0.717, 1.165) is 0 Å². The average molecular weight is 167 g/mol. The Morgan fingerprint density at radius 2 is 1.92 bits per heavy atom. The molecule has 0 aromatic heterocycles. The van der Waals surface area contributed by atoms with Gasteiger partial charge in [-0.1, -0.05) is 0 Å². The van der Waals surface area contributed by atoms with Gasteiger partial charge in [-0.3, -0.25) is 9.59 Å². The highest BCUT2D eigenvalue weighted by Gasteiger charge is 2.11. The summed E-state index contributed by atoms with van der Waals surface area (Å²) < 4.78 is 4.54. The van der Waals surface area contributed by atoms with Gasteiger partial charge in [-0.05, 0) is 0 Å². The first-order valence-corrected chi connectivity index (χ1v) is 3.34. The van der Waals surface area contributed by atoms with Gasteiger partial charge in [0.15, 0.2) is 11.6 Å². The van der Waals surface area contributed by atoms with Gasteiger partial charge in [0.05, 0.1) is 0 Å². The van der Waals surface area contributed by atoms with E-state index in [1.54, 1.807) is 0 Å². The molecule has 0 spiro atoms. The number of hydrogen-bond acceptors (Lipinski definition) is 4. The third-order valence-corrected chi connectivity index (χ3v) is 1.01. The predicted octanol–water partition coefficient (Wildman–Crippen LogP) is -4.07. The fraction of sp³-hybridized carbons (Fsp3) is 0. The second-order valence-corrected chi connectivity index (χ2v) is 1.97. The van der Waals surface area contributed by atoms with Crippen LogP contribution in [-0.4, -0.2) is 47.2 Å². The first kappa shape index (κ1) is 11.1. The largest absolute Gasteiger partial charge is 0.489 e. The van der Waals surface area contributed by atoms with Gasteiger partial charge in [-0.15, -0.1) is 0 Å². The topological polar surface area (TPSA) is 87.7 Å². The molecule has 0 bridgehead atoms. The van der Waals surface area contributed by atoms with Crippen molar-refractivity contribution >= 4 is 42.2 Å². The lowest BCUT2D eigenvalue weighted by atomic mass is 9.74. The Bertz CT molecular complexity index is 165. The first-order valence-electron chi connectivity index (χ1n) is 3.34. The van der Waals surface area contributed by atoms with E-state index >= 15 is 0 Å². The van der Waals surface area contributed by atoms with E-state index in [-0.39, 0.29) is 14.9 Å². The van der Waals surface area contributed by atoms with Crippen molar-refractivity contribution in [2.45, 2.75) is 0 Å². The molecule has 3 N–H and O–H groups in total. The Balaban J connectivity index is 3.47. The number of rotatable bonds is 5. The zero-order valence-corrected chi connectivity index (χ0v) is 6.79. The molecule has 0 atom stereocenters. The lowest BCUT2D eigenvalue weighted by molar-refractivity contribution is 0.258. The molecule has 0 saturated carbocycles. The van der Waals surface area contributed by atoms with Gasteiger partial charge in [0.2, 0.25) is 8.05 Å². The summed E-state index contributed by atoms with van der Waals surface area (Å²) in [6.07, 6.45) is 0. The smallest absolute Gasteiger partial charge is 0.392 e. The molecular formula is C2H8B4N2O4. The van der Waals surface area contributed by atoms with Crippen LogP contribution in [0.1, 0.15) is 0 Å². The van der Waals surface area contributed by atoms with Crippen LogP contribution in [0, 0.1) is 0 Å². The van der Waals surface area contributed by atoms with E-state index in [4.69, 9.17) is 5.02 Å². The van der Waals surface area contributed by atoms with Crippen molar-refractivity contribution in [2.24, 2.45) is 0 Å². The molecule has 0 fully saturated rings. The molecule has 6 nitrogen and oxygen atoms in total. The fourth-order valence-electron chi connectivity index (χ4n) is 0.512. The Kier molecular flexibility index (Phi) is 6.31. The molecule has 0 aliphatic heterocycles. The van der Waals surface area contributed by atoms with Crippen LogP contribution < -0.4 is 10.5 Å². The van der Waals surface area contributed by atoms with Crippen molar-refractivity contribution in [1.29, 1.82) is 0 Å². The molecule has 62 valence electrons. The summed E-state index contributed by atoms with van der Waals surface area (Å²) in [4.78, 5) is 21.4. The van der Waals surface area contributed by atoms with Crippen LogP contribution in [0.4, 0.5) is 9.59 Å². The van der Waals surface area contributed by atoms with Gasteiger partial charge in [0.1, 0.15) is 0 Å². The summed E-state index contributed by atoms with van der Waals surface area (Å²) in [7, 11) is 0.736. The molecule has 0 aliphatic rings. The van der Waals surface area contributed by atoms with Gasteiger partial charge >= 0.3 is 22.5 Å². The van der Waals surface area contributed by atoms with Gasteiger partial charge in [0, 0.05) is 0 Å². The minimum Gasteiger partial charge on any atom is -0.489 e. The van der Waals surface area contributed by atoms with Gasteiger partial charge < -0.3 is 20.1 Å². The van der Waals surface area contributed by atoms with Crippen molar-refractivity contribution in [3.05, 3.63) is 0 Å². The Labute approximate surface area is 72.7 Å². The van der Waals surface area contributed by atoms with Gasteiger partial charge in [0.25, 0.3) is 0 Å². The summed E-state index contributed by atoms with van der Waals surface area (Å²) in [5.41, 5.74) is 0. The molecule has 0 aromatic rings. The highest BCUT2D eigenvalue weighted by Crippen LogP contribution is 1.70. The monoisotopic (exact) mass is 168 g/mol. The van der Waals surface area contributed by atoms with E-state index in [0.29, 0.717) is 0 Å². The van der Waals surface area contributed by atoms with Crippen LogP contribution >= 0.6 is 0 Å². The highest BCUT2D eigenvalue weighted by atomic mass is 16.4. The van der Waals surface area contributed by atoms with E-state index in [2.05, 4.69) is 15.0 Å². The highest BCUT2D eigenvalue weighted by molar-refractivity contribution is 6.98. The summed E-state index contributed by atoms with van der Waals surface area (Å²) in [6.45, 7) is 0. The quantitative estimate of drug-likeness (QED) is 0.364. The number of carbonyl (C=O) groups is 2. The molecule has 0 rings (SSSR count). The molecule has 12 heavy (non-hydrogen) atoms. The zero-order valence-electron chi connectivity index (χ0n) is 6.79. The lowest BCUT2D eigenvalue weighted by Gasteiger charge is -2.00. The third kappa shape index (κ3) is 5.87. The Hall–Kier alpha value is -0.880. The fourth-order valence-corrected chi connectivity index (χ4v) is 0.512. The summed E-state index contributed by atoms with van der Waals surface area (Å²) >= 11 is 0. The second-order valence-electron chi connectivity index (χ2n) is 1.97.